The summed E-state index contributed by atoms with van der Waals surface area (Å²) in [7, 11) is 5.19. The largest absolute Gasteiger partial charge is 0.495 e. The number of rotatable bonds is 7. The molecule has 1 aromatic carbocycles. The van der Waals surface area contributed by atoms with Crippen molar-refractivity contribution in [1.29, 1.82) is 0 Å². The molecule has 160 valence electrons. The molecule has 2 fully saturated rings. The number of carbonyl (C=O) groups excluding carboxylic acids is 1. The molecule has 0 aromatic heterocycles. The van der Waals surface area contributed by atoms with Crippen molar-refractivity contribution in [2.24, 2.45) is 10.9 Å². The normalized spacial score (nSPS) is 21.9. The van der Waals surface area contributed by atoms with E-state index < -0.39 is 0 Å². The predicted molar refractivity (Wildman–Crippen MR) is 115 cm³/mol. The Morgan fingerprint density at radius 3 is 2.90 bits per heavy atom. The SMILES string of the molecule is COc1ccccc1N1CCC(NC(=NCC(=O)N(C)C)NCC2CCOC2)C1. The van der Waals surface area contributed by atoms with Crippen molar-refractivity contribution in [3.63, 3.8) is 0 Å². The molecule has 29 heavy (non-hydrogen) atoms. The zero-order chi connectivity index (χ0) is 20.6. The molecule has 2 aliphatic rings. The summed E-state index contributed by atoms with van der Waals surface area (Å²) in [4.78, 5) is 20.4. The number of hydrogen-bond acceptors (Lipinski definition) is 5. The number of aliphatic imine (C=N–C) groups is 1. The third kappa shape index (κ3) is 6.00. The van der Waals surface area contributed by atoms with Gasteiger partial charge in [0.2, 0.25) is 5.91 Å². The van der Waals surface area contributed by atoms with Crippen molar-refractivity contribution in [2.45, 2.75) is 18.9 Å². The molecule has 1 aromatic rings. The fourth-order valence-corrected chi connectivity index (χ4v) is 3.61. The highest BCUT2D eigenvalue weighted by atomic mass is 16.5. The number of likely N-dealkylation sites (N-methyl/N-ethyl adjacent to an activating group) is 1. The summed E-state index contributed by atoms with van der Waals surface area (Å²) in [5.41, 5.74) is 1.11. The molecule has 0 radical (unpaired) electrons. The van der Waals surface area contributed by atoms with Crippen LogP contribution in [0.2, 0.25) is 0 Å². The summed E-state index contributed by atoms with van der Waals surface area (Å²) in [6, 6.07) is 8.34. The minimum absolute atomic E-state index is 0.0163. The Hall–Kier alpha value is -2.48. The number of anilines is 1. The van der Waals surface area contributed by atoms with Crippen LogP contribution >= 0.6 is 0 Å². The molecule has 3 rings (SSSR count). The molecular formula is C21H33N5O3. The Morgan fingerprint density at radius 1 is 1.34 bits per heavy atom. The van der Waals surface area contributed by atoms with Crippen LogP contribution < -0.4 is 20.3 Å². The van der Waals surface area contributed by atoms with E-state index in [1.165, 1.54) is 0 Å². The lowest BCUT2D eigenvalue weighted by molar-refractivity contribution is -0.127. The number of nitrogens with zero attached hydrogens (tertiary/aromatic N) is 3. The summed E-state index contributed by atoms with van der Waals surface area (Å²) in [5, 5.41) is 6.92. The van der Waals surface area contributed by atoms with Crippen molar-refractivity contribution in [2.75, 3.05) is 65.5 Å². The van der Waals surface area contributed by atoms with E-state index in [4.69, 9.17) is 9.47 Å². The third-order valence-electron chi connectivity index (χ3n) is 5.41. The quantitative estimate of drug-likeness (QED) is 0.521. The number of amides is 1. The van der Waals surface area contributed by atoms with Crippen LogP contribution in [0.25, 0.3) is 0 Å². The Kier molecular flexibility index (Phi) is 7.57. The van der Waals surface area contributed by atoms with Gasteiger partial charge in [0, 0.05) is 52.3 Å². The molecule has 2 atom stereocenters. The zero-order valence-corrected chi connectivity index (χ0v) is 17.7. The molecule has 2 N–H and O–H groups in total. The van der Waals surface area contributed by atoms with Crippen LogP contribution in [-0.4, -0.2) is 83.4 Å². The predicted octanol–water partition coefficient (Wildman–Crippen LogP) is 0.934. The fourth-order valence-electron chi connectivity index (χ4n) is 3.61. The number of methoxy groups -OCH3 is 1. The monoisotopic (exact) mass is 403 g/mol. The molecule has 0 saturated carbocycles. The van der Waals surface area contributed by atoms with Gasteiger partial charge in [0.05, 0.1) is 19.4 Å². The summed E-state index contributed by atoms with van der Waals surface area (Å²) < 4.78 is 11.0. The van der Waals surface area contributed by atoms with Gasteiger partial charge in [-0.05, 0) is 25.0 Å². The Balaban J connectivity index is 1.60. The van der Waals surface area contributed by atoms with Gasteiger partial charge >= 0.3 is 0 Å². The minimum atomic E-state index is -0.0163. The second-order valence-electron chi connectivity index (χ2n) is 7.81. The Labute approximate surface area is 173 Å². The van der Waals surface area contributed by atoms with Crippen LogP contribution in [0.15, 0.2) is 29.3 Å². The molecule has 8 heteroatoms. The maximum absolute atomic E-state index is 12.0. The fraction of sp³-hybridized carbons (Fsp3) is 0.619. The van der Waals surface area contributed by atoms with E-state index in [2.05, 4.69) is 26.6 Å². The molecule has 0 spiro atoms. The van der Waals surface area contributed by atoms with E-state index in [0.717, 1.165) is 57.1 Å². The van der Waals surface area contributed by atoms with Crippen LogP contribution in [-0.2, 0) is 9.53 Å². The minimum Gasteiger partial charge on any atom is -0.495 e. The molecule has 0 aliphatic carbocycles. The standard InChI is InChI=1S/C21H33N5O3/c1-25(2)20(27)13-23-21(22-12-16-9-11-29-15-16)24-17-8-10-26(14-17)18-6-4-5-7-19(18)28-3/h4-7,16-17H,8-15H2,1-3H3,(H2,22,23,24). The second kappa shape index (κ2) is 10.3. The van der Waals surface area contributed by atoms with Gasteiger partial charge in [0.25, 0.3) is 0 Å². The van der Waals surface area contributed by atoms with Crippen LogP contribution in [0.5, 0.6) is 5.75 Å². The smallest absolute Gasteiger partial charge is 0.243 e. The van der Waals surface area contributed by atoms with Crippen LogP contribution in [0.1, 0.15) is 12.8 Å². The summed E-state index contributed by atoms with van der Waals surface area (Å²) in [6.07, 6.45) is 2.05. The lowest BCUT2D eigenvalue weighted by atomic mass is 10.1. The van der Waals surface area contributed by atoms with Gasteiger partial charge in [-0.1, -0.05) is 12.1 Å². The van der Waals surface area contributed by atoms with E-state index >= 15 is 0 Å². The second-order valence-corrected chi connectivity index (χ2v) is 7.81. The average molecular weight is 404 g/mol. The summed E-state index contributed by atoms with van der Waals surface area (Å²) in [6.45, 7) is 4.33. The number of carbonyl (C=O) groups is 1. The van der Waals surface area contributed by atoms with Crippen LogP contribution in [0.3, 0.4) is 0 Å². The van der Waals surface area contributed by atoms with E-state index in [1.54, 1.807) is 26.1 Å². The van der Waals surface area contributed by atoms with Gasteiger partial charge in [-0.2, -0.15) is 0 Å². The van der Waals surface area contributed by atoms with Gasteiger partial charge in [-0.3, -0.25) is 4.79 Å². The zero-order valence-electron chi connectivity index (χ0n) is 17.7. The molecule has 2 heterocycles. The van der Waals surface area contributed by atoms with Gasteiger partial charge in [0.15, 0.2) is 5.96 Å². The molecule has 2 saturated heterocycles. The first-order chi connectivity index (χ1) is 14.1. The number of guanidine groups is 1. The first-order valence-electron chi connectivity index (χ1n) is 10.3. The molecule has 8 nitrogen and oxygen atoms in total. The van der Waals surface area contributed by atoms with E-state index in [-0.39, 0.29) is 18.5 Å². The van der Waals surface area contributed by atoms with Gasteiger partial charge in [0.1, 0.15) is 12.3 Å². The third-order valence-corrected chi connectivity index (χ3v) is 5.41. The highest BCUT2D eigenvalue weighted by molar-refractivity contribution is 5.85. The van der Waals surface area contributed by atoms with Gasteiger partial charge in [-0.15, -0.1) is 0 Å². The van der Waals surface area contributed by atoms with Crippen molar-refractivity contribution in [3.05, 3.63) is 24.3 Å². The molecule has 1 amide bonds. The van der Waals surface area contributed by atoms with E-state index in [9.17, 15) is 4.79 Å². The molecular weight excluding hydrogens is 370 g/mol. The number of benzene rings is 1. The number of para-hydroxylation sites is 2. The first kappa shape index (κ1) is 21.2. The van der Waals surface area contributed by atoms with Crippen molar-refractivity contribution in [1.82, 2.24) is 15.5 Å². The van der Waals surface area contributed by atoms with E-state index in [1.807, 2.05) is 18.2 Å². The molecule has 2 aliphatic heterocycles. The Morgan fingerprint density at radius 2 is 2.17 bits per heavy atom. The number of hydrogen-bond donors (Lipinski definition) is 2. The van der Waals surface area contributed by atoms with Crippen molar-refractivity contribution < 1.29 is 14.3 Å². The average Bonchev–Trinajstić information content (AvgIpc) is 3.41. The highest BCUT2D eigenvalue weighted by Crippen LogP contribution is 2.30. The number of ether oxygens (including phenoxy) is 2. The molecule has 2 unspecified atom stereocenters. The maximum atomic E-state index is 12.0. The number of nitrogens with one attached hydrogen (secondary N) is 2. The van der Waals surface area contributed by atoms with Gasteiger partial charge < -0.3 is 29.9 Å². The lowest BCUT2D eigenvalue weighted by Crippen LogP contribution is -2.46. The first-order valence-corrected chi connectivity index (χ1v) is 10.3. The summed E-state index contributed by atoms with van der Waals surface area (Å²) >= 11 is 0. The summed E-state index contributed by atoms with van der Waals surface area (Å²) in [5.74, 6) is 2.05. The van der Waals surface area contributed by atoms with Crippen LogP contribution in [0, 0.1) is 5.92 Å². The topological polar surface area (TPSA) is 78.4 Å². The van der Waals surface area contributed by atoms with E-state index in [0.29, 0.717) is 11.9 Å². The lowest BCUT2D eigenvalue weighted by Gasteiger charge is -2.22. The van der Waals surface area contributed by atoms with Gasteiger partial charge in [-0.25, -0.2) is 4.99 Å². The van der Waals surface area contributed by atoms with Crippen molar-refractivity contribution >= 4 is 17.6 Å². The van der Waals surface area contributed by atoms with Crippen LogP contribution in [0.4, 0.5) is 5.69 Å². The van der Waals surface area contributed by atoms with Crippen molar-refractivity contribution in [3.8, 4) is 5.75 Å². The highest BCUT2D eigenvalue weighted by Gasteiger charge is 2.26. The Bertz CT molecular complexity index is 703. The molecule has 0 bridgehead atoms. The maximum Gasteiger partial charge on any atom is 0.243 e.